The molecule has 1 aromatic carbocycles. The van der Waals surface area contributed by atoms with Crippen LogP contribution >= 0.6 is 0 Å². The van der Waals surface area contributed by atoms with Gasteiger partial charge in [0.15, 0.2) is 0 Å². The van der Waals surface area contributed by atoms with Crippen molar-refractivity contribution < 1.29 is 26.3 Å². The highest BCUT2D eigenvalue weighted by Gasteiger charge is 2.58. The first-order valence-corrected chi connectivity index (χ1v) is 6.33. The predicted octanol–water partition coefficient (Wildman–Crippen LogP) is -1.71. The van der Waals surface area contributed by atoms with Crippen LogP contribution in [0, 0.1) is 5.41 Å². The van der Waals surface area contributed by atoms with Crippen molar-refractivity contribution in [1.82, 2.24) is 0 Å². The van der Waals surface area contributed by atoms with E-state index in [4.69, 9.17) is 5.73 Å². The molecule has 2 N–H and O–H groups in total. The van der Waals surface area contributed by atoms with Crippen LogP contribution in [0.1, 0.15) is 18.4 Å². The smallest absolute Gasteiger partial charge is 0.229 e. The number of quaternary nitrogens is 1. The molecule has 1 aromatic rings. The highest BCUT2D eigenvalue weighted by molar-refractivity contribution is 5.81. The first-order valence-electron chi connectivity index (χ1n) is 6.33. The number of hydrogen-bond donors (Lipinski definition) is 1. The van der Waals surface area contributed by atoms with E-state index in [1.54, 1.807) is 0 Å². The average Bonchev–Trinajstić information content (AvgIpc) is 2.87. The zero-order valence-corrected chi connectivity index (χ0v) is 12.0. The van der Waals surface area contributed by atoms with Crippen molar-refractivity contribution in [3.05, 3.63) is 35.9 Å². The molecule has 2 heterocycles. The summed E-state index contributed by atoms with van der Waals surface area (Å²) in [5, 5.41) is 0. The second kappa shape index (κ2) is 4.67. The van der Waals surface area contributed by atoms with Crippen LogP contribution in [0.2, 0.25) is 0 Å². The average molecular weight is 311 g/mol. The van der Waals surface area contributed by atoms with Gasteiger partial charge in [-0.3, -0.25) is 4.79 Å². The number of benzene rings is 1. The topological polar surface area (TPSA) is 43.1 Å². The molecule has 3 rings (SSSR count). The van der Waals surface area contributed by atoms with Gasteiger partial charge in [-0.2, -0.15) is 0 Å². The number of rotatable bonds is 3. The van der Waals surface area contributed by atoms with Crippen LogP contribution in [0.4, 0.5) is 0 Å². The van der Waals surface area contributed by atoms with Crippen molar-refractivity contribution in [2.75, 3.05) is 19.6 Å². The van der Waals surface area contributed by atoms with Crippen molar-refractivity contribution in [2.24, 2.45) is 11.1 Å². The number of nitrogens with zero attached hydrogens (tertiary/aromatic N) is 1. The van der Waals surface area contributed by atoms with Gasteiger partial charge in [0, 0.05) is 18.4 Å². The summed E-state index contributed by atoms with van der Waals surface area (Å²) < 4.78 is 1.06. The molecular weight excluding hydrogens is 292 g/mol. The minimum absolute atomic E-state index is 0. The molecule has 2 aliphatic heterocycles. The molecule has 0 spiro atoms. The summed E-state index contributed by atoms with van der Waals surface area (Å²) in [7, 11) is 0. The predicted molar refractivity (Wildman–Crippen MR) is 65.9 cm³/mol. The molecule has 98 valence electrons. The van der Waals surface area contributed by atoms with Gasteiger partial charge in [-0.1, -0.05) is 30.3 Å². The van der Waals surface area contributed by atoms with E-state index in [1.165, 1.54) is 5.56 Å². The van der Waals surface area contributed by atoms with E-state index in [-0.39, 0.29) is 28.3 Å². The van der Waals surface area contributed by atoms with Gasteiger partial charge in [-0.15, -0.1) is 0 Å². The Balaban J connectivity index is 0.00000120. The molecule has 0 radical (unpaired) electrons. The number of carbonyl (C=O) groups is 1. The Morgan fingerprint density at radius 3 is 2.33 bits per heavy atom. The van der Waals surface area contributed by atoms with Crippen LogP contribution in [0.25, 0.3) is 0 Å². The summed E-state index contributed by atoms with van der Waals surface area (Å²) in [6.07, 6.45) is 1.96. The van der Waals surface area contributed by atoms with Crippen molar-refractivity contribution in [2.45, 2.75) is 19.4 Å². The highest BCUT2D eigenvalue weighted by atomic mass is 79.9. The Bertz CT molecular complexity index is 438. The first-order chi connectivity index (χ1) is 8.14. The molecule has 1 amide bonds. The van der Waals surface area contributed by atoms with E-state index in [9.17, 15) is 4.79 Å². The molecule has 2 fully saturated rings. The Morgan fingerprint density at radius 1 is 1.22 bits per heavy atom. The van der Waals surface area contributed by atoms with E-state index in [0.29, 0.717) is 0 Å². The number of fused-ring (bicyclic) bond motifs is 2. The summed E-state index contributed by atoms with van der Waals surface area (Å²) in [5.41, 5.74) is 6.76. The normalized spacial score (nSPS) is 33.1. The first kappa shape index (κ1) is 13.6. The summed E-state index contributed by atoms with van der Waals surface area (Å²) in [6.45, 7) is 4.22. The number of halogens is 1. The lowest BCUT2D eigenvalue weighted by Crippen LogP contribution is -3.00. The summed E-state index contributed by atoms with van der Waals surface area (Å²) in [6, 6.07) is 10.6. The SMILES string of the molecule is NC(=O)C12CC[N+](Cc3ccccc3)(CC1)C2.[Br-]. The molecule has 0 aromatic heterocycles. The molecule has 0 unspecified atom stereocenters. The quantitative estimate of drug-likeness (QED) is 0.664. The van der Waals surface area contributed by atoms with E-state index < -0.39 is 0 Å². The van der Waals surface area contributed by atoms with Gasteiger partial charge in [-0.05, 0) is 0 Å². The minimum atomic E-state index is -0.186. The molecule has 3 nitrogen and oxygen atoms in total. The maximum atomic E-state index is 11.6. The van der Waals surface area contributed by atoms with Gasteiger partial charge in [0.2, 0.25) is 5.91 Å². The summed E-state index contributed by atoms with van der Waals surface area (Å²) in [5.74, 6) is -0.0805. The summed E-state index contributed by atoms with van der Waals surface area (Å²) in [4.78, 5) is 11.6. The van der Waals surface area contributed by atoms with Gasteiger partial charge < -0.3 is 27.2 Å². The molecule has 0 atom stereocenters. The number of piperidine rings is 1. The Morgan fingerprint density at radius 2 is 1.83 bits per heavy atom. The third kappa shape index (κ3) is 2.08. The number of carbonyl (C=O) groups excluding carboxylic acids is 1. The zero-order valence-electron chi connectivity index (χ0n) is 10.4. The van der Waals surface area contributed by atoms with E-state index in [1.807, 2.05) is 6.07 Å². The van der Waals surface area contributed by atoms with Crippen molar-refractivity contribution in [3.63, 3.8) is 0 Å². The van der Waals surface area contributed by atoms with Crippen LogP contribution in [-0.4, -0.2) is 30.0 Å². The van der Waals surface area contributed by atoms with Gasteiger partial charge in [0.05, 0.1) is 19.6 Å². The van der Waals surface area contributed by atoms with Crippen molar-refractivity contribution >= 4 is 5.91 Å². The van der Waals surface area contributed by atoms with Crippen molar-refractivity contribution in [3.8, 4) is 0 Å². The largest absolute Gasteiger partial charge is 1.00 e. The molecule has 18 heavy (non-hydrogen) atoms. The fourth-order valence-corrected chi connectivity index (χ4v) is 3.61. The lowest BCUT2D eigenvalue weighted by Gasteiger charge is -2.31. The Labute approximate surface area is 118 Å². The second-order valence-electron chi connectivity index (χ2n) is 5.74. The Hall–Kier alpha value is -0.870. The standard InChI is InChI=1S/C14H18N2O.BrH/c15-13(17)14-6-8-16(11-14,9-7-14)10-12-4-2-1-3-5-12;/h1-5H,6-11H2,(H-,15,17);1H. The third-order valence-corrected chi connectivity index (χ3v) is 4.65. The number of nitrogens with two attached hydrogens (primary N) is 1. The van der Waals surface area contributed by atoms with Crippen LogP contribution in [0.5, 0.6) is 0 Å². The number of hydrogen-bond acceptors (Lipinski definition) is 1. The maximum Gasteiger partial charge on any atom is 0.229 e. The van der Waals surface area contributed by atoms with Gasteiger partial charge >= 0.3 is 0 Å². The van der Waals surface area contributed by atoms with Gasteiger partial charge in [0.25, 0.3) is 0 Å². The van der Waals surface area contributed by atoms with Crippen LogP contribution < -0.4 is 22.7 Å². The lowest BCUT2D eigenvalue weighted by molar-refractivity contribution is -0.922. The van der Waals surface area contributed by atoms with E-state index >= 15 is 0 Å². The monoisotopic (exact) mass is 310 g/mol. The fraction of sp³-hybridized carbons (Fsp3) is 0.500. The molecule has 2 bridgehead atoms. The van der Waals surface area contributed by atoms with Gasteiger partial charge in [0.1, 0.15) is 12.0 Å². The molecule has 0 saturated carbocycles. The van der Waals surface area contributed by atoms with E-state index in [0.717, 1.165) is 43.5 Å². The van der Waals surface area contributed by atoms with E-state index in [2.05, 4.69) is 24.3 Å². The number of primary amides is 1. The maximum absolute atomic E-state index is 11.6. The highest BCUT2D eigenvalue weighted by Crippen LogP contribution is 2.46. The van der Waals surface area contributed by atoms with Crippen LogP contribution in [-0.2, 0) is 11.3 Å². The molecule has 0 aliphatic carbocycles. The fourth-order valence-electron chi connectivity index (χ4n) is 3.61. The molecular formula is C14H19BrN2O. The second-order valence-corrected chi connectivity index (χ2v) is 5.74. The molecule has 4 heteroatoms. The van der Waals surface area contributed by atoms with Gasteiger partial charge in [-0.25, -0.2) is 0 Å². The lowest BCUT2D eigenvalue weighted by atomic mass is 9.84. The minimum Gasteiger partial charge on any atom is -1.00 e. The zero-order chi connectivity index (χ0) is 11.9. The molecule has 2 saturated heterocycles. The van der Waals surface area contributed by atoms with Crippen LogP contribution in [0.3, 0.4) is 0 Å². The summed E-state index contributed by atoms with van der Waals surface area (Å²) >= 11 is 0. The number of amides is 1. The third-order valence-electron chi connectivity index (χ3n) is 4.65. The van der Waals surface area contributed by atoms with Crippen molar-refractivity contribution in [1.29, 1.82) is 0 Å². The molecule has 2 aliphatic rings. The van der Waals surface area contributed by atoms with Crippen LogP contribution in [0.15, 0.2) is 30.3 Å². The Kier molecular flexibility index (Phi) is 3.52.